The lowest BCUT2D eigenvalue weighted by molar-refractivity contribution is 0.101. The smallest absolute Gasteiger partial charge is 0.323 e. The van der Waals surface area contributed by atoms with E-state index < -0.39 is 0 Å². The summed E-state index contributed by atoms with van der Waals surface area (Å²) in [5, 5.41) is 8.00. The molecular formula is C34H50BrN3O3S. The SMILES string of the molecule is Br.CCCCCCCCCCCCCCOc1ccc(NC(=O)Nc2ccccc2CN2CSC=C2C)cc1C(C)=O. The monoisotopic (exact) mass is 659 g/mol. The topological polar surface area (TPSA) is 70.7 Å². The number of halogens is 1. The zero-order valence-corrected chi connectivity index (χ0v) is 28.2. The minimum atomic E-state index is -0.347. The number of carbonyl (C=O) groups excluding carboxylic acids is 2. The molecule has 3 rings (SSSR count). The van der Waals surface area contributed by atoms with Crippen LogP contribution in [-0.4, -0.2) is 29.2 Å². The highest BCUT2D eigenvalue weighted by molar-refractivity contribution is 8.93. The van der Waals surface area contributed by atoms with Crippen LogP contribution in [0, 0.1) is 0 Å². The summed E-state index contributed by atoms with van der Waals surface area (Å²) in [6.07, 6.45) is 15.5. The number of ketones is 1. The average molecular weight is 661 g/mol. The number of benzene rings is 2. The Morgan fingerprint density at radius 1 is 0.881 bits per heavy atom. The van der Waals surface area contributed by atoms with Gasteiger partial charge in [-0.25, -0.2) is 4.79 Å². The van der Waals surface area contributed by atoms with E-state index in [1.54, 1.807) is 30.0 Å². The number of rotatable bonds is 19. The summed E-state index contributed by atoms with van der Waals surface area (Å²) in [6, 6.07) is 12.7. The fraction of sp³-hybridized carbons (Fsp3) is 0.529. The average Bonchev–Trinajstić information content (AvgIpc) is 3.36. The van der Waals surface area contributed by atoms with Gasteiger partial charge in [0.15, 0.2) is 5.78 Å². The van der Waals surface area contributed by atoms with Crippen molar-refractivity contribution in [1.29, 1.82) is 0 Å². The van der Waals surface area contributed by atoms with Gasteiger partial charge in [0.2, 0.25) is 0 Å². The van der Waals surface area contributed by atoms with Gasteiger partial charge in [-0.2, -0.15) is 0 Å². The first-order chi connectivity index (χ1) is 20.0. The summed E-state index contributed by atoms with van der Waals surface area (Å²) in [4.78, 5) is 27.5. The Labute approximate surface area is 268 Å². The van der Waals surface area contributed by atoms with E-state index >= 15 is 0 Å². The number of Topliss-reactive ketones (excluding diaryl/α,β-unsaturated/α-hetero) is 1. The van der Waals surface area contributed by atoms with Crippen molar-refractivity contribution in [2.75, 3.05) is 23.1 Å². The van der Waals surface area contributed by atoms with Gasteiger partial charge < -0.3 is 20.3 Å². The molecule has 1 aliphatic rings. The van der Waals surface area contributed by atoms with Crippen LogP contribution in [0.3, 0.4) is 0 Å². The molecular weight excluding hydrogens is 610 g/mol. The van der Waals surface area contributed by atoms with Gasteiger partial charge in [0, 0.05) is 23.6 Å². The molecule has 1 aliphatic heterocycles. The molecule has 0 unspecified atom stereocenters. The summed E-state index contributed by atoms with van der Waals surface area (Å²) in [7, 11) is 0. The molecule has 0 bridgehead atoms. The first-order valence-corrected chi connectivity index (χ1v) is 16.5. The lowest BCUT2D eigenvalue weighted by Gasteiger charge is -2.21. The lowest BCUT2D eigenvalue weighted by atomic mass is 10.1. The molecule has 2 amide bonds. The molecule has 0 radical (unpaired) electrons. The lowest BCUT2D eigenvalue weighted by Crippen LogP contribution is -2.22. The summed E-state index contributed by atoms with van der Waals surface area (Å²) in [5.74, 6) is 1.40. The van der Waals surface area contributed by atoms with Gasteiger partial charge in [-0.15, -0.1) is 28.7 Å². The van der Waals surface area contributed by atoms with Crippen LogP contribution in [0.5, 0.6) is 5.75 Å². The standard InChI is InChI=1S/C34H49N3O3S.BrH/c1-4-5-6-7-8-9-10-11-12-13-14-17-22-40-33-21-20-30(23-31(33)28(3)38)35-34(39)36-32-19-16-15-18-29(32)24-37-26-41-25-27(37)2;/h15-16,18-21,23,25H,4-14,17,22,24,26H2,1-3H3,(H2,35,36,39);1H. The molecule has 2 aromatic carbocycles. The minimum Gasteiger partial charge on any atom is -0.493 e. The molecule has 0 saturated carbocycles. The molecule has 42 heavy (non-hydrogen) atoms. The number of nitrogens with one attached hydrogen (secondary N) is 2. The Kier molecular flexibility index (Phi) is 17.4. The molecule has 0 fully saturated rings. The predicted molar refractivity (Wildman–Crippen MR) is 184 cm³/mol. The third-order valence-electron chi connectivity index (χ3n) is 7.48. The largest absolute Gasteiger partial charge is 0.493 e. The molecule has 6 nitrogen and oxygen atoms in total. The van der Waals surface area contributed by atoms with Crippen LogP contribution in [0.2, 0.25) is 0 Å². The van der Waals surface area contributed by atoms with Crippen molar-refractivity contribution >= 4 is 51.9 Å². The fourth-order valence-corrected chi connectivity index (χ4v) is 5.94. The number of anilines is 2. The number of ether oxygens (including phenoxy) is 1. The maximum Gasteiger partial charge on any atom is 0.323 e. The van der Waals surface area contributed by atoms with E-state index in [9.17, 15) is 9.59 Å². The fourth-order valence-electron chi connectivity index (χ4n) is 5.00. The molecule has 0 atom stereocenters. The van der Waals surface area contributed by atoms with E-state index in [0.29, 0.717) is 23.6 Å². The maximum atomic E-state index is 12.8. The Morgan fingerprint density at radius 3 is 2.14 bits per heavy atom. The van der Waals surface area contributed by atoms with Gasteiger partial charge in [0.25, 0.3) is 0 Å². The number of amides is 2. The Balaban J connectivity index is 0.00000616. The zero-order valence-electron chi connectivity index (χ0n) is 25.7. The molecule has 2 N–H and O–H groups in total. The number of hydrogen-bond donors (Lipinski definition) is 2. The molecule has 8 heteroatoms. The molecule has 0 spiro atoms. The first kappa shape index (κ1) is 35.7. The quantitative estimate of drug-likeness (QED) is 0.116. The van der Waals surface area contributed by atoms with E-state index in [1.165, 1.54) is 76.8 Å². The number of unbranched alkanes of at least 4 members (excludes halogenated alkanes) is 11. The van der Waals surface area contributed by atoms with Crippen LogP contribution in [0.1, 0.15) is 114 Å². The van der Waals surface area contributed by atoms with Crippen molar-refractivity contribution in [3.63, 3.8) is 0 Å². The van der Waals surface area contributed by atoms with Crippen LogP contribution in [0.15, 0.2) is 53.6 Å². The van der Waals surface area contributed by atoms with Crippen molar-refractivity contribution in [2.45, 2.75) is 104 Å². The second kappa shape index (κ2) is 20.5. The van der Waals surface area contributed by atoms with E-state index in [0.717, 1.165) is 36.5 Å². The second-order valence-corrected chi connectivity index (χ2v) is 11.8. The Bertz CT molecular complexity index is 1140. The van der Waals surface area contributed by atoms with Crippen molar-refractivity contribution in [1.82, 2.24) is 4.90 Å². The van der Waals surface area contributed by atoms with E-state index in [-0.39, 0.29) is 28.8 Å². The highest BCUT2D eigenvalue weighted by atomic mass is 79.9. The molecule has 1 heterocycles. The van der Waals surface area contributed by atoms with Crippen molar-refractivity contribution < 1.29 is 14.3 Å². The number of urea groups is 1. The molecule has 2 aromatic rings. The highest BCUT2D eigenvalue weighted by Gasteiger charge is 2.16. The van der Waals surface area contributed by atoms with Crippen molar-refractivity contribution in [3.8, 4) is 5.75 Å². The van der Waals surface area contributed by atoms with Crippen LogP contribution in [0.25, 0.3) is 0 Å². The second-order valence-electron chi connectivity index (χ2n) is 11.0. The van der Waals surface area contributed by atoms with Gasteiger partial charge in [-0.3, -0.25) is 4.79 Å². The maximum absolute atomic E-state index is 12.8. The van der Waals surface area contributed by atoms with Gasteiger partial charge in [0.1, 0.15) is 5.75 Å². The molecule has 0 saturated heterocycles. The number of hydrogen-bond acceptors (Lipinski definition) is 5. The summed E-state index contributed by atoms with van der Waals surface area (Å²) >= 11 is 1.78. The third kappa shape index (κ3) is 12.8. The van der Waals surface area contributed by atoms with E-state index in [1.807, 2.05) is 24.3 Å². The third-order valence-corrected chi connectivity index (χ3v) is 8.45. The highest BCUT2D eigenvalue weighted by Crippen LogP contribution is 2.28. The molecule has 0 aromatic heterocycles. The van der Waals surface area contributed by atoms with Gasteiger partial charge in [-0.05, 0) is 55.5 Å². The van der Waals surface area contributed by atoms with Crippen molar-refractivity contribution in [2.24, 2.45) is 0 Å². The van der Waals surface area contributed by atoms with E-state index in [2.05, 4.69) is 34.8 Å². The number of thioether (sulfide) groups is 1. The van der Waals surface area contributed by atoms with Gasteiger partial charge in [0.05, 0.1) is 18.0 Å². The number of allylic oxidation sites excluding steroid dienone is 1. The Morgan fingerprint density at radius 2 is 1.52 bits per heavy atom. The summed E-state index contributed by atoms with van der Waals surface area (Å²) < 4.78 is 5.97. The predicted octanol–water partition coefficient (Wildman–Crippen LogP) is 10.6. The Hall–Kier alpha value is -2.45. The first-order valence-electron chi connectivity index (χ1n) is 15.4. The molecule has 0 aliphatic carbocycles. The number of nitrogens with zero attached hydrogens (tertiary/aromatic N) is 1. The van der Waals surface area contributed by atoms with Crippen LogP contribution >= 0.6 is 28.7 Å². The van der Waals surface area contributed by atoms with Crippen LogP contribution < -0.4 is 15.4 Å². The van der Waals surface area contributed by atoms with Crippen LogP contribution in [-0.2, 0) is 6.54 Å². The molecule has 232 valence electrons. The van der Waals surface area contributed by atoms with E-state index in [4.69, 9.17) is 4.74 Å². The summed E-state index contributed by atoms with van der Waals surface area (Å²) in [6.45, 7) is 7.21. The number of carbonyl (C=O) groups is 2. The van der Waals surface area contributed by atoms with Crippen molar-refractivity contribution in [3.05, 3.63) is 64.7 Å². The normalized spacial score (nSPS) is 12.5. The zero-order chi connectivity index (χ0) is 29.3. The summed E-state index contributed by atoms with van der Waals surface area (Å²) in [5.41, 5.74) is 4.08. The number of para-hydroxylation sites is 1. The van der Waals surface area contributed by atoms with Gasteiger partial charge in [-0.1, -0.05) is 95.8 Å². The minimum absolute atomic E-state index is 0. The van der Waals surface area contributed by atoms with Crippen LogP contribution in [0.4, 0.5) is 16.2 Å². The van der Waals surface area contributed by atoms with Gasteiger partial charge >= 0.3 is 6.03 Å².